The van der Waals surface area contributed by atoms with Crippen molar-refractivity contribution < 1.29 is 14.3 Å². The predicted molar refractivity (Wildman–Crippen MR) is 81.1 cm³/mol. The number of aliphatic carboxylic acids is 1. The molecule has 1 heterocycles. The van der Waals surface area contributed by atoms with Crippen LogP contribution in [-0.4, -0.2) is 29.1 Å². The molecule has 1 aliphatic carbocycles. The molecule has 21 heavy (non-hydrogen) atoms. The second kappa shape index (κ2) is 6.16. The van der Waals surface area contributed by atoms with E-state index in [1.54, 1.807) is 0 Å². The molecule has 2 aliphatic rings. The van der Waals surface area contributed by atoms with E-state index in [2.05, 4.69) is 4.90 Å². The largest absolute Gasteiger partial charge is 0.478 e. The van der Waals surface area contributed by atoms with E-state index in [0.717, 1.165) is 44.3 Å². The number of hydrogen-bond donors (Lipinski definition) is 1. The van der Waals surface area contributed by atoms with Gasteiger partial charge in [-0.2, -0.15) is 0 Å². The maximum Gasteiger partial charge on any atom is 0.328 e. The van der Waals surface area contributed by atoms with Gasteiger partial charge in [0.25, 0.3) is 0 Å². The molecular weight excluding hydrogens is 293 g/mol. The van der Waals surface area contributed by atoms with E-state index in [1.807, 2.05) is 12.1 Å². The Balaban J connectivity index is 0.00000161. The van der Waals surface area contributed by atoms with Crippen LogP contribution in [0.1, 0.15) is 31.2 Å². The van der Waals surface area contributed by atoms with Gasteiger partial charge in [0.05, 0.1) is 0 Å². The highest BCUT2D eigenvalue weighted by molar-refractivity contribution is 5.85. The number of benzene rings is 1. The molecule has 0 spiro atoms. The van der Waals surface area contributed by atoms with E-state index >= 15 is 0 Å². The number of carboxylic acid groups (broad SMARTS) is 1. The molecule has 1 saturated carbocycles. The average Bonchev–Trinajstić information content (AvgIpc) is 3.21. The van der Waals surface area contributed by atoms with E-state index in [0.29, 0.717) is 0 Å². The van der Waals surface area contributed by atoms with Crippen molar-refractivity contribution in [2.24, 2.45) is 0 Å². The van der Waals surface area contributed by atoms with Gasteiger partial charge in [-0.3, -0.25) is 4.90 Å². The van der Waals surface area contributed by atoms with Crippen LogP contribution in [0.5, 0.6) is 0 Å². The third-order valence-electron chi connectivity index (χ3n) is 4.44. The first-order chi connectivity index (χ1) is 9.60. The minimum Gasteiger partial charge on any atom is -0.478 e. The van der Waals surface area contributed by atoms with Gasteiger partial charge in [0.2, 0.25) is 0 Å². The van der Waals surface area contributed by atoms with Crippen molar-refractivity contribution in [2.45, 2.75) is 31.2 Å². The number of piperidine rings is 1. The normalized spacial score (nSPS) is 20.5. The summed E-state index contributed by atoms with van der Waals surface area (Å²) < 4.78 is 13.0. The molecule has 114 valence electrons. The number of likely N-dealkylation sites (tertiary alicyclic amines) is 1. The zero-order valence-electron chi connectivity index (χ0n) is 11.7. The van der Waals surface area contributed by atoms with Crippen LogP contribution in [0.15, 0.2) is 35.9 Å². The summed E-state index contributed by atoms with van der Waals surface area (Å²) in [6, 6.07) is 6.81. The fraction of sp³-hybridized carbons (Fsp3) is 0.438. The standard InChI is InChI=1S/C16H18FNO2.ClH/c17-14-3-1-13(2-4-14)16(7-8-16)18-9-5-12(6-10-18)11-15(19)20;/h1-4,11H,5-10H2,(H,19,20);1H. The zero-order chi connectivity index (χ0) is 14.2. The number of carboxylic acids is 1. The van der Waals surface area contributed by atoms with Crippen LogP contribution in [0.2, 0.25) is 0 Å². The van der Waals surface area contributed by atoms with Gasteiger partial charge in [-0.25, -0.2) is 9.18 Å². The fourth-order valence-corrected chi connectivity index (χ4v) is 3.21. The van der Waals surface area contributed by atoms with Crippen LogP contribution in [-0.2, 0) is 10.3 Å². The number of halogens is 2. The maximum absolute atomic E-state index is 13.0. The molecule has 0 bridgehead atoms. The summed E-state index contributed by atoms with van der Waals surface area (Å²) in [6.07, 6.45) is 5.19. The smallest absolute Gasteiger partial charge is 0.328 e. The van der Waals surface area contributed by atoms with Crippen molar-refractivity contribution in [1.29, 1.82) is 0 Å². The molecule has 1 N–H and O–H groups in total. The Hall–Kier alpha value is -1.39. The molecular formula is C16H19ClFNO2. The van der Waals surface area contributed by atoms with Crippen LogP contribution in [0.4, 0.5) is 4.39 Å². The Bertz CT molecular complexity index is 542. The van der Waals surface area contributed by atoms with Crippen molar-refractivity contribution >= 4 is 18.4 Å². The SMILES string of the molecule is Cl.O=C(O)C=C1CCN(C2(c3ccc(F)cc3)CC2)CC1. The van der Waals surface area contributed by atoms with Crippen LogP contribution in [0.25, 0.3) is 0 Å². The topological polar surface area (TPSA) is 40.5 Å². The van der Waals surface area contributed by atoms with Gasteiger partial charge in [0.15, 0.2) is 0 Å². The monoisotopic (exact) mass is 311 g/mol. The lowest BCUT2D eigenvalue weighted by atomic mass is 9.97. The maximum atomic E-state index is 13.0. The fourth-order valence-electron chi connectivity index (χ4n) is 3.21. The summed E-state index contributed by atoms with van der Waals surface area (Å²) >= 11 is 0. The Labute approximate surface area is 129 Å². The van der Waals surface area contributed by atoms with Gasteiger partial charge in [-0.05, 0) is 43.4 Å². The minimum atomic E-state index is -0.854. The van der Waals surface area contributed by atoms with Crippen molar-refractivity contribution in [2.75, 3.05) is 13.1 Å². The Kier molecular flexibility index (Phi) is 4.69. The van der Waals surface area contributed by atoms with Gasteiger partial charge < -0.3 is 5.11 Å². The minimum absolute atomic E-state index is 0. The number of hydrogen-bond acceptors (Lipinski definition) is 2. The van der Waals surface area contributed by atoms with Crippen LogP contribution < -0.4 is 0 Å². The lowest BCUT2D eigenvalue weighted by Crippen LogP contribution is -2.40. The van der Waals surface area contributed by atoms with Gasteiger partial charge in [-0.15, -0.1) is 12.4 Å². The van der Waals surface area contributed by atoms with Crippen molar-refractivity contribution in [3.8, 4) is 0 Å². The molecule has 1 aromatic carbocycles. The molecule has 0 aromatic heterocycles. The van der Waals surface area contributed by atoms with E-state index in [9.17, 15) is 9.18 Å². The van der Waals surface area contributed by atoms with Crippen molar-refractivity contribution in [1.82, 2.24) is 4.90 Å². The highest BCUT2D eigenvalue weighted by atomic mass is 35.5. The van der Waals surface area contributed by atoms with Crippen molar-refractivity contribution in [3.05, 3.63) is 47.3 Å². The number of carbonyl (C=O) groups is 1. The Morgan fingerprint density at radius 2 is 1.76 bits per heavy atom. The van der Waals surface area contributed by atoms with Crippen LogP contribution in [0, 0.1) is 5.82 Å². The number of rotatable bonds is 3. The first kappa shape index (κ1) is 16.0. The summed E-state index contributed by atoms with van der Waals surface area (Å²) in [4.78, 5) is 13.1. The molecule has 3 rings (SSSR count). The quantitative estimate of drug-likeness (QED) is 0.870. The Morgan fingerprint density at radius 1 is 1.19 bits per heavy atom. The van der Waals surface area contributed by atoms with Gasteiger partial charge in [0.1, 0.15) is 5.82 Å². The van der Waals surface area contributed by atoms with Crippen molar-refractivity contribution in [3.63, 3.8) is 0 Å². The second-order valence-corrected chi connectivity index (χ2v) is 5.67. The summed E-state index contributed by atoms with van der Waals surface area (Å²) in [6.45, 7) is 1.77. The zero-order valence-corrected chi connectivity index (χ0v) is 12.5. The summed E-state index contributed by atoms with van der Waals surface area (Å²) in [5.74, 6) is -1.05. The van der Waals surface area contributed by atoms with Gasteiger partial charge >= 0.3 is 5.97 Å². The molecule has 0 radical (unpaired) electrons. The van der Waals surface area contributed by atoms with E-state index in [4.69, 9.17) is 5.11 Å². The summed E-state index contributed by atoms with van der Waals surface area (Å²) in [5, 5.41) is 8.78. The number of nitrogens with zero attached hydrogens (tertiary/aromatic N) is 1. The molecule has 3 nitrogen and oxygen atoms in total. The molecule has 0 atom stereocenters. The van der Waals surface area contributed by atoms with Crippen LogP contribution >= 0.6 is 12.4 Å². The Morgan fingerprint density at radius 3 is 2.24 bits per heavy atom. The summed E-state index contributed by atoms with van der Waals surface area (Å²) in [7, 11) is 0. The third-order valence-corrected chi connectivity index (χ3v) is 4.44. The van der Waals surface area contributed by atoms with E-state index in [1.165, 1.54) is 23.8 Å². The molecule has 2 fully saturated rings. The molecule has 1 aromatic rings. The van der Waals surface area contributed by atoms with E-state index in [-0.39, 0.29) is 23.8 Å². The molecule has 1 saturated heterocycles. The lowest BCUT2D eigenvalue weighted by molar-refractivity contribution is -0.131. The molecule has 0 unspecified atom stereocenters. The highest BCUT2D eigenvalue weighted by Crippen LogP contribution is 2.52. The molecule has 0 amide bonds. The molecule has 1 aliphatic heterocycles. The summed E-state index contributed by atoms with van der Waals surface area (Å²) in [5.41, 5.74) is 2.27. The van der Waals surface area contributed by atoms with E-state index < -0.39 is 5.97 Å². The van der Waals surface area contributed by atoms with Gasteiger partial charge in [0, 0.05) is 24.7 Å². The van der Waals surface area contributed by atoms with Crippen LogP contribution in [0.3, 0.4) is 0 Å². The molecule has 5 heteroatoms. The average molecular weight is 312 g/mol. The van der Waals surface area contributed by atoms with Gasteiger partial charge in [-0.1, -0.05) is 17.7 Å². The lowest BCUT2D eigenvalue weighted by Gasteiger charge is -2.36. The highest BCUT2D eigenvalue weighted by Gasteiger charge is 2.49. The second-order valence-electron chi connectivity index (χ2n) is 5.67. The first-order valence-electron chi connectivity index (χ1n) is 7.04. The first-order valence-corrected chi connectivity index (χ1v) is 7.04. The predicted octanol–water partition coefficient (Wildman–Crippen LogP) is 3.34. The third kappa shape index (κ3) is 3.27.